The topological polar surface area (TPSA) is 49.7 Å². The third-order valence-corrected chi connectivity index (χ3v) is 4.88. The zero-order valence-corrected chi connectivity index (χ0v) is 15.3. The van der Waals surface area contributed by atoms with Crippen molar-refractivity contribution in [1.29, 1.82) is 0 Å². The summed E-state index contributed by atoms with van der Waals surface area (Å²) in [5, 5.41) is 2.16. The number of hydrogen-bond donors (Lipinski definition) is 2. The molecule has 0 amide bonds. The fraction of sp³-hybridized carbons (Fsp3) is 0.412. The van der Waals surface area contributed by atoms with Gasteiger partial charge in [0.15, 0.2) is 0 Å². The Morgan fingerprint density at radius 1 is 1.18 bits per heavy atom. The fourth-order valence-electron chi connectivity index (χ4n) is 2.32. The molecule has 5 heteroatoms. The second-order valence-corrected chi connectivity index (χ2v) is 8.27. The third kappa shape index (κ3) is 3.88. The molecule has 2 N–H and O–H groups in total. The molecule has 0 bridgehead atoms. The first-order valence-corrected chi connectivity index (χ1v) is 9.32. The van der Waals surface area contributed by atoms with Gasteiger partial charge in [-0.2, -0.15) is 0 Å². The lowest BCUT2D eigenvalue weighted by molar-refractivity contribution is 0.375. The SMILES string of the molecule is CC(C)c1cccc(OP(O)O)c1-c1cc(C(C)(C)C)cs1. The van der Waals surface area contributed by atoms with Gasteiger partial charge >= 0.3 is 8.60 Å². The molecule has 1 aromatic heterocycles. The standard InChI is InChI=1S/C17H23O3PS/c1-11(2)13-7-6-8-14(20-21(18)19)16(13)15-9-12(10-22-15)17(3,4)5/h6-11,18-19H,1-5H3. The molecule has 2 aromatic rings. The van der Waals surface area contributed by atoms with Crippen LogP contribution in [0.5, 0.6) is 5.75 Å². The van der Waals surface area contributed by atoms with Crippen molar-refractivity contribution in [2.75, 3.05) is 0 Å². The summed E-state index contributed by atoms with van der Waals surface area (Å²) in [5.74, 6) is 0.854. The lowest BCUT2D eigenvalue weighted by Gasteiger charge is -2.18. The maximum absolute atomic E-state index is 9.24. The van der Waals surface area contributed by atoms with Gasteiger partial charge < -0.3 is 14.3 Å². The van der Waals surface area contributed by atoms with Gasteiger partial charge in [0, 0.05) is 10.4 Å². The van der Waals surface area contributed by atoms with Crippen molar-refractivity contribution < 1.29 is 14.3 Å². The Hall–Kier alpha value is -0.930. The number of thiophene rings is 1. The Balaban J connectivity index is 2.58. The monoisotopic (exact) mass is 338 g/mol. The van der Waals surface area contributed by atoms with Gasteiger partial charge in [-0.05, 0) is 40.0 Å². The molecule has 0 fully saturated rings. The summed E-state index contributed by atoms with van der Waals surface area (Å²) in [6.45, 7) is 10.8. The molecule has 0 radical (unpaired) electrons. The van der Waals surface area contributed by atoms with E-state index in [4.69, 9.17) is 4.52 Å². The highest BCUT2D eigenvalue weighted by atomic mass is 32.1. The van der Waals surface area contributed by atoms with Gasteiger partial charge in [-0.3, -0.25) is 0 Å². The van der Waals surface area contributed by atoms with E-state index >= 15 is 0 Å². The third-order valence-electron chi connectivity index (χ3n) is 3.57. The van der Waals surface area contributed by atoms with Crippen LogP contribution in [0.25, 0.3) is 10.4 Å². The van der Waals surface area contributed by atoms with E-state index in [0.29, 0.717) is 11.7 Å². The summed E-state index contributed by atoms with van der Waals surface area (Å²) in [7, 11) is -2.43. The highest BCUT2D eigenvalue weighted by Crippen LogP contribution is 2.44. The number of rotatable bonds is 4. The van der Waals surface area contributed by atoms with Gasteiger partial charge in [0.1, 0.15) is 5.75 Å². The molecule has 1 heterocycles. The molecule has 3 nitrogen and oxygen atoms in total. The van der Waals surface area contributed by atoms with E-state index in [1.165, 1.54) is 5.56 Å². The molecular weight excluding hydrogens is 315 g/mol. The highest BCUT2D eigenvalue weighted by molar-refractivity contribution is 7.39. The van der Waals surface area contributed by atoms with Crippen LogP contribution < -0.4 is 4.52 Å². The van der Waals surface area contributed by atoms with Crippen molar-refractivity contribution >= 4 is 19.9 Å². The Bertz CT molecular complexity index is 642. The first-order valence-electron chi connectivity index (χ1n) is 7.28. The maximum atomic E-state index is 9.24. The summed E-state index contributed by atoms with van der Waals surface area (Å²) < 4.78 is 5.27. The Morgan fingerprint density at radius 2 is 1.86 bits per heavy atom. The van der Waals surface area contributed by atoms with Crippen LogP contribution in [0.3, 0.4) is 0 Å². The van der Waals surface area contributed by atoms with Crippen LogP contribution in [-0.4, -0.2) is 9.79 Å². The molecule has 0 aliphatic carbocycles. The molecule has 22 heavy (non-hydrogen) atoms. The van der Waals surface area contributed by atoms with Crippen LogP contribution in [0.4, 0.5) is 0 Å². The fourth-order valence-corrected chi connectivity index (χ4v) is 3.85. The van der Waals surface area contributed by atoms with E-state index in [1.807, 2.05) is 6.07 Å². The molecule has 0 saturated carbocycles. The Morgan fingerprint density at radius 3 is 2.36 bits per heavy atom. The van der Waals surface area contributed by atoms with Crippen molar-refractivity contribution in [3.63, 3.8) is 0 Å². The summed E-state index contributed by atoms with van der Waals surface area (Å²) in [6.07, 6.45) is 0. The first-order chi connectivity index (χ1) is 10.2. The Labute approximate surface area is 137 Å². The van der Waals surface area contributed by atoms with Crippen LogP contribution in [0.15, 0.2) is 29.6 Å². The van der Waals surface area contributed by atoms with Crippen molar-refractivity contribution in [1.82, 2.24) is 0 Å². The quantitative estimate of drug-likeness (QED) is 0.731. The van der Waals surface area contributed by atoms with Crippen molar-refractivity contribution in [3.05, 3.63) is 40.8 Å². The zero-order valence-electron chi connectivity index (χ0n) is 13.6. The molecule has 120 valence electrons. The van der Waals surface area contributed by atoms with E-state index in [2.05, 4.69) is 52.1 Å². The van der Waals surface area contributed by atoms with Gasteiger partial charge in [-0.25, -0.2) is 0 Å². The van der Waals surface area contributed by atoms with Gasteiger partial charge in [0.05, 0.1) is 0 Å². The van der Waals surface area contributed by atoms with E-state index < -0.39 is 8.60 Å². The minimum atomic E-state index is -2.43. The molecule has 0 unspecified atom stereocenters. The summed E-state index contributed by atoms with van der Waals surface area (Å²) in [6, 6.07) is 7.93. The summed E-state index contributed by atoms with van der Waals surface area (Å²) in [5.41, 5.74) is 3.47. The molecule has 0 saturated heterocycles. The van der Waals surface area contributed by atoms with E-state index in [-0.39, 0.29) is 5.41 Å². The predicted octanol–water partition coefficient (Wildman–Crippen LogP) is 5.43. The van der Waals surface area contributed by atoms with Crippen LogP contribution in [0.2, 0.25) is 0 Å². The van der Waals surface area contributed by atoms with Crippen molar-refractivity contribution in [3.8, 4) is 16.2 Å². The molecule has 0 atom stereocenters. The first kappa shape index (κ1) is 17.4. The van der Waals surface area contributed by atoms with E-state index in [9.17, 15) is 9.79 Å². The van der Waals surface area contributed by atoms with Crippen LogP contribution in [0, 0.1) is 0 Å². The highest BCUT2D eigenvalue weighted by Gasteiger charge is 2.21. The zero-order chi connectivity index (χ0) is 16.5. The van der Waals surface area contributed by atoms with Gasteiger partial charge in [0.2, 0.25) is 0 Å². The maximum Gasteiger partial charge on any atom is 0.391 e. The Kier molecular flexibility index (Phi) is 5.29. The largest absolute Gasteiger partial charge is 0.426 e. The van der Waals surface area contributed by atoms with Crippen molar-refractivity contribution in [2.45, 2.75) is 46.0 Å². The molecule has 0 aliphatic heterocycles. The smallest absolute Gasteiger partial charge is 0.391 e. The summed E-state index contributed by atoms with van der Waals surface area (Å²) >= 11 is 1.67. The van der Waals surface area contributed by atoms with Crippen LogP contribution in [-0.2, 0) is 5.41 Å². The van der Waals surface area contributed by atoms with Crippen LogP contribution >= 0.6 is 19.9 Å². The molecule has 0 aliphatic rings. The van der Waals surface area contributed by atoms with Crippen molar-refractivity contribution in [2.24, 2.45) is 0 Å². The molecule has 1 aromatic carbocycles. The van der Waals surface area contributed by atoms with E-state index in [1.54, 1.807) is 17.4 Å². The lowest BCUT2D eigenvalue weighted by atomic mass is 9.88. The second kappa shape index (κ2) is 6.67. The molecular formula is C17H23O3PS. The molecule has 2 rings (SSSR count). The van der Waals surface area contributed by atoms with E-state index in [0.717, 1.165) is 16.0 Å². The normalized spacial score (nSPS) is 12.2. The lowest BCUT2D eigenvalue weighted by Crippen LogP contribution is -2.08. The number of hydrogen-bond acceptors (Lipinski definition) is 4. The summed E-state index contributed by atoms with van der Waals surface area (Å²) in [4.78, 5) is 19.6. The average molecular weight is 338 g/mol. The minimum Gasteiger partial charge on any atom is -0.426 e. The van der Waals surface area contributed by atoms with Gasteiger partial charge in [-0.15, -0.1) is 11.3 Å². The van der Waals surface area contributed by atoms with Gasteiger partial charge in [-0.1, -0.05) is 46.8 Å². The second-order valence-electron chi connectivity index (χ2n) is 6.67. The minimum absolute atomic E-state index is 0.0864. The molecule has 0 spiro atoms. The number of benzene rings is 1. The predicted molar refractivity (Wildman–Crippen MR) is 94.5 cm³/mol. The average Bonchev–Trinajstić information content (AvgIpc) is 2.86. The van der Waals surface area contributed by atoms with Gasteiger partial charge in [0.25, 0.3) is 0 Å². The van der Waals surface area contributed by atoms with Crippen LogP contribution in [0.1, 0.15) is 51.7 Å².